The largest absolute Gasteiger partial charge is 0.497 e. The van der Waals surface area contributed by atoms with Crippen molar-refractivity contribution in [3.8, 4) is 5.75 Å². The van der Waals surface area contributed by atoms with E-state index in [1.807, 2.05) is 12.1 Å². The van der Waals surface area contributed by atoms with Gasteiger partial charge in [0.25, 0.3) is 0 Å². The number of hydrogen-bond acceptors (Lipinski definition) is 3. The maximum Gasteiger partial charge on any atom is 0.118 e. The van der Waals surface area contributed by atoms with Crippen LogP contribution in [-0.4, -0.2) is 32.7 Å². The topological polar surface area (TPSA) is 30.5 Å². The van der Waals surface area contributed by atoms with Gasteiger partial charge < -0.3 is 14.8 Å². The molecule has 0 saturated carbocycles. The van der Waals surface area contributed by atoms with Gasteiger partial charge in [0, 0.05) is 25.6 Å². The summed E-state index contributed by atoms with van der Waals surface area (Å²) in [6, 6.07) is 8.33. The maximum atomic E-state index is 5.74. The van der Waals surface area contributed by atoms with Gasteiger partial charge in [0.1, 0.15) is 5.75 Å². The molecule has 1 N–H and O–H groups in total. The number of rotatable bonds is 8. The average Bonchev–Trinajstić information content (AvgIpc) is 2.37. The fraction of sp³-hybridized carbons (Fsp3) is 0.538. The molecule has 0 aliphatic heterocycles. The molecule has 1 aromatic carbocycles. The van der Waals surface area contributed by atoms with Gasteiger partial charge in [-0.15, -0.1) is 11.6 Å². The second-order valence-corrected chi connectivity index (χ2v) is 4.24. The number of benzene rings is 1. The van der Waals surface area contributed by atoms with Crippen molar-refractivity contribution in [2.75, 3.05) is 26.7 Å². The lowest BCUT2D eigenvalue weighted by molar-refractivity contribution is 0.164. The van der Waals surface area contributed by atoms with Crippen LogP contribution in [0.3, 0.4) is 0 Å². The van der Waals surface area contributed by atoms with Crippen LogP contribution in [-0.2, 0) is 11.3 Å². The highest BCUT2D eigenvalue weighted by atomic mass is 35.5. The minimum absolute atomic E-state index is 0.305. The van der Waals surface area contributed by atoms with Crippen molar-refractivity contribution in [1.29, 1.82) is 0 Å². The summed E-state index contributed by atoms with van der Waals surface area (Å²) in [5.74, 6) is 1.52. The third kappa shape index (κ3) is 5.39. The predicted molar refractivity (Wildman–Crippen MR) is 70.8 cm³/mol. The van der Waals surface area contributed by atoms with E-state index in [-0.39, 0.29) is 0 Å². The highest BCUT2D eigenvalue weighted by Gasteiger charge is 2.06. The second-order valence-electron chi connectivity index (χ2n) is 3.86. The van der Waals surface area contributed by atoms with E-state index < -0.39 is 0 Å². The summed E-state index contributed by atoms with van der Waals surface area (Å²) in [6.07, 6.45) is 0.908. The molecular formula is C13H20ClNO2. The van der Waals surface area contributed by atoms with Gasteiger partial charge in [-0.3, -0.25) is 0 Å². The Morgan fingerprint density at radius 2 is 1.94 bits per heavy atom. The summed E-state index contributed by atoms with van der Waals surface area (Å²) in [5.41, 5.74) is 1.22. The summed E-state index contributed by atoms with van der Waals surface area (Å²) in [5, 5.41) is 3.43. The Morgan fingerprint density at radius 3 is 2.47 bits per heavy atom. The number of methoxy groups -OCH3 is 2. The Labute approximate surface area is 108 Å². The molecule has 0 heterocycles. The number of ether oxygens (including phenoxy) is 2. The smallest absolute Gasteiger partial charge is 0.118 e. The number of hydrogen-bond donors (Lipinski definition) is 1. The number of nitrogens with one attached hydrogen (secondary N) is 1. The molecule has 0 fully saturated rings. The van der Waals surface area contributed by atoms with E-state index in [0.29, 0.717) is 18.5 Å². The standard InChI is InChI=1S/C13H20ClNO2/c1-16-10-12(7-8-14)15-9-11-3-5-13(17-2)6-4-11/h3-6,12,15H,7-10H2,1-2H3. The van der Waals surface area contributed by atoms with E-state index in [4.69, 9.17) is 21.1 Å². The lowest BCUT2D eigenvalue weighted by Crippen LogP contribution is -2.33. The summed E-state index contributed by atoms with van der Waals surface area (Å²) >= 11 is 5.74. The van der Waals surface area contributed by atoms with Gasteiger partial charge in [0.2, 0.25) is 0 Å². The second kappa shape index (κ2) is 8.34. The first-order chi connectivity index (χ1) is 8.30. The van der Waals surface area contributed by atoms with Crippen LogP contribution in [0.15, 0.2) is 24.3 Å². The molecule has 0 aromatic heterocycles. The molecule has 0 aliphatic carbocycles. The molecule has 0 bridgehead atoms. The van der Waals surface area contributed by atoms with Gasteiger partial charge in [-0.2, -0.15) is 0 Å². The Balaban J connectivity index is 2.41. The monoisotopic (exact) mass is 257 g/mol. The fourth-order valence-electron chi connectivity index (χ4n) is 1.58. The van der Waals surface area contributed by atoms with E-state index in [2.05, 4.69) is 17.4 Å². The summed E-state index contributed by atoms with van der Waals surface area (Å²) in [7, 11) is 3.37. The van der Waals surface area contributed by atoms with Crippen LogP contribution in [0.25, 0.3) is 0 Å². The van der Waals surface area contributed by atoms with Crippen molar-refractivity contribution in [1.82, 2.24) is 5.32 Å². The first-order valence-electron chi connectivity index (χ1n) is 5.71. The van der Waals surface area contributed by atoms with Gasteiger partial charge >= 0.3 is 0 Å². The molecule has 1 unspecified atom stereocenters. The van der Waals surface area contributed by atoms with Gasteiger partial charge in [-0.1, -0.05) is 12.1 Å². The van der Waals surface area contributed by atoms with Crippen LogP contribution >= 0.6 is 11.6 Å². The maximum absolute atomic E-state index is 5.74. The van der Waals surface area contributed by atoms with Crippen molar-refractivity contribution in [2.24, 2.45) is 0 Å². The highest BCUT2D eigenvalue weighted by molar-refractivity contribution is 6.17. The van der Waals surface area contributed by atoms with Crippen molar-refractivity contribution in [3.63, 3.8) is 0 Å². The predicted octanol–water partition coefficient (Wildman–Crippen LogP) is 2.43. The van der Waals surface area contributed by atoms with Gasteiger partial charge in [0.05, 0.1) is 13.7 Å². The van der Waals surface area contributed by atoms with E-state index >= 15 is 0 Å². The highest BCUT2D eigenvalue weighted by Crippen LogP contribution is 2.11. The molecule has 96 valence electrons. The minimum Gasteiger partial charge on any atom is -0.497 e. The quantitative estimate of drug-likeness (QED) is 0.726. The summed E-state index contributed by atoms with van der Waals surface area (Å²) in [6.45, 7) is 1.50. The summed E-state index contributed by atoms with van der Waals surface area (Å²) < 4.78 is 10.3. The third-order valence-electron chi connectivity index (χ3n) is 2.58. The van der Waals surface area contributed by atoms with E-state index in [0.717, 1.165) is 18.7 Å². The van der Waals surface area contributed by atoms with Crippen molar-refractivity contribution < 1.29 is 9.47 Å². The van der Waals surface area contributed by atoms with Crippen LogP contribution in [0.2, 0.25) is 0 Å². The van der Waals surface area contributed by atoms with Gasteiger partial charge in [-0.05, 0) is 24.1 Å². The number of halogens is 1. The molecule has 1 atom stereocenters. The van der Waals surface area contributed by atoms with Crippen LogP contribution in [0, 0.1) is 0 Å². The molecule has 0 aliphatic rings. The molecule has 1 rings (SSSR count). The first kappa shape index (κ1) is 14.3. The van der Waals surface area contributed by atoms with Crippen LogP contribution in [0.5, 0.6) is 5.75 Å². The SMILES string of the molecule is COCC(CCCl)NCc1ccc(OC)cc1. The molecule has 0 radical (unpaired) electrons. The van der Waals surface area contributed by atoms with Crippen molar-refractivity contribution in [3.05, 3.63) is 29.8 Å². The molecular weight excluding hydrogens is 238 g/mol. The van der Waals surface area contributed by atoms with Gasteiger partial charge in [-0.25, -0.2) is 0 Å². The van der Waals surface area contributed by atoms with Crippen molar-refractivity contribution in [2.45, 2.75) is 19.0 Å². The average molecular weight is 258 g/mol. The molecule has 0 saturated heterocycles. The fourth-order valence-corrected chi connectivity index (χ4v) is 1.85. The third-order valence-corrected chi connectivity index (χ3v) is 2.80. The van der Waals surface area contributed by atoms with E-state index in [9.17, 15) is 0 Å². The zero-order valence-corrected chi connectivity index (χ0v) is 11.2. The zero-order valence-electron chi connectivity index (χ0n) is 10.4. The minimum atomic E-state index is 0.305. The molecule has 17 heavy (non-hydrogen) atoms. The van der Waals surface area contributed by atoms with E-state index in [1.165, 1.54) is 5.56 Å². The molecule has 0 amide bonds. The van der Waals surface area contributed by atoms with E-state index in [1.54, 1.807) is 14.2 Å². The van der Waals surface area contributed by atoms with Gasteiger partial charge in [0.15, 0.2) is 0 Å². The Bertz CT molecular complexity index is 297. The molecule has 0 spiro atoms. The molecule has 4 heteroatoms. The summed E-state index contributed by atoms with van der Waals surface area (Å²) in [4.78, 5) is 0. The van der Waals surface area contributed by atoms with Crippen molar-refractivity contribution >= 4 is 11.6 Å². The van der Waals surface area contributed by atoms with Crippen LogP contribution in [0.1, 0.15) is 12.0 Å². The lowest BCUT2D eigenvalue weighted by atomic mass is 10.2. The first-order valence-corrected chi connectivity index (χ1v) is 6.24. The normalized spacial score (nSPS) is 12.4. The van der Waals surface area contributed by atoms with Crippen LogP contribution in [0.4, 0.5) is 0 Å². The number of alkyl halides is 1. The lowest BCUT2D eigenvalue weighted by Gasteiger charge is -2.16. The Morgan fingerprint density at radius 1 is 1.24 bits per heavy atom. The molecule has 3 nitrogen and oxygen atoms in total. The molecule has 1 aromatic rings. The Kier molecular flexibility index (Phi) is 7.01. The van der Waals surface area contributed by atoms with Crippen LogP contribution < -0.4 is 10.1 Å². The Hall–Kier alpha value is -0.770. The zero-order chi connectivity index (χ0) is 12.5.